The number of methoxy groups -OCH3 is 1. The first-order valence-electron chi connectivity index (χ1n) is 6.95. The zero-order valence-corrected chi connectivity index (χ0v) is 12.6. The van der Waals surface area contributed by atoms with Crippen LogP contribution >= 0.6 is 0 Å². The maximum absolute atomic E-state index is 11.8. The molecular weight excluding hydrogens is 272 g/mol. The van der Waals surface area contributed by atoms with Gasteiger partial charge in [0.05, 0.1) is 12.7 Å². The van der Waals surface area contributed by atoms with Crippen LogP contribution in [0.25, 0.3) is 0 Å². The minimum absolute atomic E-state index is 0.134. The van der Waals surface area contributed by atoms with Gasteiger partial charge in [-0.15, -0.1) is 0 Å². The van der Waals surface area contributed by atoms with Crippen LogP contribution in [-0.4, -0.2) is 44.6 Å². The second-order valence-corrected chi connectivity index (χ2v) is 5.59. The van der Waals surface area contributed by atoms with Crippen LogP contribution in [0.1, 0.15) is 13.8 Å². The molecule has 2 N–H and O–H groups in total. The van der Waals surface area contributed by atoms with Crippen molar-refractivity contribution >= 4 is 11.8 Å². The lowest BCUT2D eigenvalue weighted by Gasteiger charge is -2.36. The van der Waals surface area contributed by atoms with Crippen molar-refractivity contribution in [1.82, 2.24) is 5.32 Å². The topological polar surface area (TPSA) is 68.8 Å². The smallest absolute Gasteiger partial charge is 0.411 e. The van der Waals surface area contributed by atoms with Crippen molar-refractivity contribution < 1.29 is 19.0 Å². The van der Waals surface area contributed by atoms with Crippen LogP contribution in [0, 0.1) is 0 Å². The van der Waals surface area contributed by atoms with Crippen LogP contribution < -0.4 is 15.4 Å². The molecule has 1 aromatic rings. The van der Waals surface area contributed by atoms with Gasteiger partial charge in [-0.05, 0) is 26.0 Å². The molecule has 6 heteroatoms. The maximum Gasteiger partial charge on any atom is 0.411 e. The summed E-state index contributed by atoms with van der Waals surface area (Å²) in [7, 11) is 1.58. The van der Waals surface area contributed by atoms with Gasteiger partial charge < -0.3 is 19.5 Å². The van der Waals surface area contributed by atoms with Crippen molar-refractivity contribution in [3.8, 4) is 5.75 Å². The molecule has 0 spiro atoms. The van der Waals surface area contributed by atoms with E-state index in [1.54, 1.807) is 31.4 Å². The zero-order chi connectivity index (χ0) is 15.3. The molecule has 116 valence electrons. The highest BCUT2D eigenvalue weighted by atomic mass is 16.6. The van der Waals surface area contributed by atoms with Gasteiger partial charge in [0.25, 0.3) is 0 Å². The number of carbonyl (C=O) groups excluding carboxylic acids is 1. The summed E-state index contributed by atoms with van der Waals surface area (Å²) < 4.78 is 16.1. The number of ether oxygens (including phenoxy) is 3. The average Bonchev–Trinajstić information content (AvgIpc) is 2.44. The van der Waals surface area contributed by atoms with Crippen molar-refractivity contribution in [2.24, 2.45) is 0 Å². The Labute approximate surface area is 124 Å². The van der Waals surface area contributed by atoms with E-state index in [1.165, 1.54) is 0 Å². The van der Waals surface area contributed by atoms with Crippen LogP contribution in [-0.2, 0) is 9.47 Å². The lowest BCUT2D eigenvalue weighted by molar-refractivity contribution is -0.110. The number of nitrogens with one attached hydrogen (secondary N) is 2. The standard InChI is InChI=1S/C15H22N2O4/c1-15(2)10-16-8-13(21-15)9-20-14(18)17-11-5-4-6-12(7-11)19-3/h4-7,13,16H,8-10H2,1-3H3,(H,17,18). The molecule has 2 rings (SSSR count). The van der Waals surface area contributed by atoms with E-state index in [2.05, 4.69) is 10.6 Å². The highest BCUT2D eigenvalue weighted by molar-refractivity contribution is 5.84. The Balaban J connectivity index is 1.79. The second-order valence-electron chi connectivity index (χ2n) is 5.59. The summed E-state index contributed by atoms with van der Waals surface area (Å²) in [4.78, 5) is 11.8. The lowest BCUT2D eigenvalue weighted by atomic mass is 10.1. The molecule has 0 saturated carbocycles. The highest BCUT2D eigenvalue weighted by Crippen LogP contribution is 2.18. The van der Waals surface area contributed by atoms with E-state index >= 15 is 0 Å². The van der Waals surface area contributed by atoms with Crippen molar-refractivity contribution in [1.29, 1.82) is 0 Å². The van der Waals surface area contributed by atoms with E-state index < -0.39 is 6.09 Å². The molecule has 1 fully saturated rings. The Kier molecular flexibility index (Phi) is 5.03. The Bertz CT molecular complexity index is 490. The van der Waals surface area contributed by atoms with E-state index in [0.717, 1.165) is 6.54 Å². The molecule has 0 radical (unpaired) electrons. The molecule has 1 aliphatic heterocycles. The molecular formula is C15H22N2O4. The van der Waals surface area contributed by atoms with E-state index in [0.29, 0.717) is 18.0 Å². The van der Waals surface area contributed by atoms with Crippen molar-refractivity contribution in [3.63, 3.8) is 0 Å². The molecule has 1 unspecified atom stereocenters. The Morgan fingerprint density at radius 1 is 1.52 bits per heavy atom. The van der Waals surface area contributed by atoms with E-state index in [1.807, 2.05) is 13.8 Å². The monoisotopic (exact) mass is 294 g/mol. The van der Waals surface area contributed by atoms with Gasteiger partial charge in [0.15, 0.2) is 0 Å². The quantitative estimate of drug-likeness (QED) is 0.889. The summed E-state index contributed by atoms with van der Waals surface area (Å²) in [5.74, 6) is 0.675. The number of hydrogen-bond donors (Lipinski definition) is 2. The molecule has 0 aliphatic carbocycles. The number of amides is 1. The molecule has 1 atom stereocenters. The number of rotatable bonds is 4. The van der Waals surface area contributed by atoms with Gasteiger partial charge in [-0.3, -0.25) is 5.32 Å². The predicted molar refractivity (Wildman–Crippen MR) is 79.8 cm³/mol. The predicted octanol–water partition coefficient (Wildman–Crippen LogP) is 2.01. The maximum atomic E-state index is 11.8. The van der Waals surface area contributed by atoms with Gasteiger partial charge in [-0.2, -0.15) is 0 Å². The average molecular weight is 294 g/mol. The molecule has 1 aromatic carbocycles. The molecule has 0 bridgehead atoms. The summed E-state index contributed by atoms with van der Waals surface area (Å²) in [6.45, 7) is 5.69. The van der Waals surface area contributed by atoms with Gasteiger partial charge in [-0.1, -0.05) is 6.07 Å². The zero-order valence-electron chi connectivity index (χ0n) is 12.6. The highest BCUT2D eigenvalue weighted by Gasteiger charge is 2.28. The van der Waals surface area contributed by atoms with E-state index in [-0.39, 0.29) is 18.3 Å². The van der Waals surface area contributed by atoms with Crippen LogP contribution in [0.2, 0.25) is 0 Å². The first-order chi connectivity index (χ1) is 9.98. The Morgan fingerprint density at radius 3 is 3.05 bits per heavy atom. The fourth-order valence-electron chi connectivity index (χ4n) is 2.19. The summed E-state index contributed by atoms with van der Waals surface area (Å²) in [6, 6.07) is 7.10. The summed E-state index contributed by atoms with van der Waals surface area (Å²) in [5.41, 5.74) is 0.387. The molecule has 6 nitrogen and oxygen atoms in total. The molecule has 1 aliphatic rings. The fraction of sp³-hybridized carbons (Fsp3) is 0.533. The SMILES string of the molecule is COc1cccc(NC(=O)OCC2CNCC(C)(C)O2)c1. The first kappa shape index (κ1) is 15.6. The van der Waals surface area contributed by atoms with Crippen molar-refractivity contribution in [2.45, 2.75) is 25.6 Å². The van der Waals surface area contributed by atoms with Crippen LogP contribution in [0.3, 0.4) is 0 Å². The Morgan fingerprint density at radius 2 is 2.33 bits per heavy atom. The van der Waals surface area contributed by atoms with Crippen LogP contribution in [0.15, 0.2) is 24.3 Å². The van der Waals surface area contributed by atoms with Crippen molar-refractivity contribution in [3.05, 3.63) is 24.3 Å². The van der Waals surface area contributed by atoms with E-state index in [4.69, 9.17) is 14.2 Å². The second kappa shape index (κ2) is 6.78. The summed E-state index contributed by atoms with van der Waals surface area (Å²) >= 11 is 0. The van der Waals surface area contributed by atoms with Gasteiger partial charge >= 0.3 is 6.09 Å². The molecule has 0 aromatic heterocycles. The van der Waals surface area contributed by atoms with Crippen LogP contribution in [0.5, 0.6) is 5.75 Å². The molecule has 21 heavy (non-hydrogen) atoms. The summed E-state index contributed by atoms with van der Waals surface area (Å²) in [5, 5.41) is 5.92. The van der Waals surface area contributed by atoms with Gasteiger partial charge in [0.1, 0.15) is 18.5 Å². The number of benzene rings is 1. The van der Waals surface area contributed by atoms with Gasteiger partial charge in [-0.25, -0.2) is 4.79 Å². The third-order valence-electron chi connectivity index (χ3n) is 3.12. The first-order valence-corrected chi connectivity index (χ1v) is 6.95. The van der Waals surface area contributed by atoms with Gasteiger partial charge in [0, 0.05) is 24.8 Å². The normalized spacial score (nSPS) is 20.6. The molecule has 1 saturated heterocycles. The number of hydrogen-bond acceptors (Lipinski definition) is 5. The minimum Gasteiger partial charge on any atom is -0.497 e. The van der Waals surface area contributed by atoms with Crippen molar-refractivity contribution in [2.75, 3.05) is 32.1 Å². The fourth-order valence-corrected chi connectivity index (χ4v) is 2.19. The van der Waals surface area contributed by atoms with Gasteiger partial charge in [0.2, 0.25) is 0 Å². The largest absolute Gasteiger partial charge is 0.497 e. The lowest BCUT2D eigenvalue weighted by Crippen LogP contribution is -2.52. The third kappa shape index (κ3) is 4.91. The Hall–Kier alpha value is -1.79. The summed E-state index contributed by atoms with van der Waals surface area (Å²) in [6.07, 6.45) is -0.639. The minimum atomic E-state index is -0.504. The third-order valence-corrected chi connectivity index (χ3v) is 3.12. The molecule has 1 amide bonds. The van der Waals surface area contributed by atoms with E-state index in [9.17, 15) is 4.79 Å². The van der Waals surface area contributed by atoms with Crippen LogP contribution in [0.4, 0.5) is 10.5 Å². The number of morpholine rings is 1. The number of anilines is 1. The molecule has 1 heterocycles. The number of carbonyl (C=O) groups is 1.